The van der Waals surface area contributed by atoms with Crippen LogP contribution in [0.4, 0.5) is 0 Å². The molecule has 0 radical (unpaired) electrons. The summed E-state index contributed by atoms with van der Waals surface area (Å²) in [7, 11) is 0. The summed E-state index contributed by atoms with van der Waals surface area (Å²) in [6.07, 6.45) is 4.56. The summed E-state index contributed by atoms with van der Waals surface area (Å²) in [6, 6.07) is 14.3. The van der Waals surface area contributed by atoms with Crippen LogP contribution in [0.1, 0.15) is 49.3 Å². The number of hydrogen-bond acceptors (Lipinski definition) is 3. The summed E-state index contributed by atoms with van der Waals surface area (Å²) in [6.45, 7) is 8.84. The van der Waals surface area contributed by atoms with E-state index in [1.165, 1.54) is 31.5 Å². The van der Waals surface area contributed by atoms with Gasteiger partial charge >= 0.3 is 0 Å². The zero-order chi connectivity index (χ0) is 23.2. The minimum absolute atomic E-state index is 0.0191. The smallest absolute Gasteiger partial charge is 0.224 e. The molecule has 2 aliphatic rings. The van der Waals surface area contributed by atoms with Gasteiger partial charge in [0.15, 0.2) is 0 Å². The average Bonchev–Trinajstić information content (AvgIpc) is 2.82. The van der Waals surface area contributed by atoms with Crippen molar-refractivity contribution in [1.29, 1.82) is 0 Å². The van der Waals surface area contributed by atoms with Gasteiger partial charge in [-0.3, -0.25) is 14.6 Å². The van der Waals surface area contributed by atoms with Gasteiger partial charge in [-0.15, -0.1) is 0 Å². The van der Waals surface area contributed by atoms with E-state index < -0.39 is 0 Å². The standard InChI is InChI=1S/C27H35Cl2N3O/c1-20-10-13-31(14-11-20)17-22-6-4-21(5-7-22)16-30-27(33)24-3-2-12-32(19-24)18-23-8-9-25(28)15-26(23)29/h4-9,15,20,24H,2-3,10-14,16-19H2,1H3,(H,30,33). The Hall–Kier alpha value is -1.59. The summed E-state index contributed by atoms with van der Waals surface area (Å²) in [5.74, 6) is 1.03. The Bertz CT molecular complexity index is 925. The van der Waals surface area contributed by atoms with E-state index in [1.807, 2.05) is 12.1 Å². The molecule has 2 aliphatic heterocycles. The van der Waals surface area contributed by atoms with Gasteiger partial charge in [0, 0.05) is 36.2 Å². The number of hydrogen-bond donors (Lipinski definition) is 1. The van der Waals surface area contributed by atoms with E-state index in [2.05, 4.69) is 46.3 Å². The lowest BCUT2D eigenvalue weighted by Gasteiger charge is -2.32. The third-order valence-electron chi connectivity index (χ3n) is 7.06. The Kier molecular flexibility index (Phi) is 8.70. The maximum Gasteiger partial charge on any atom is 0.224 e. The van der Waals surface area contributed by atoms with Crippen molar-refractivity contribution in [3.63, 3.8) is 0 Å². The number of benzene rings is 2. The Morgan fingerprint density at radius 2 is 1.67 bits per heavy atom. The molecule has 2 fully saturated rings. The highest BCUT2D eigenvalue weighted by Gasteiger charge is 2.26. The number of carbonyl (C=O) groups excluding carboxylic acids is 1. The van der Waals surface area contributed by atoms with Crippen LogP contribution in [0.5, 0.6) is 0 Å². The van der Waals surface area contributed by atoms with Crippen molar-refractivity contribution in [2.45, 2.75) is 52.2 Å². The summed E-state index contributed by atoms with van der Waals surface area (Å²) >= 11 is 12.4. The molecule has 2 aromatic carbocycles. The molecule has 1 atom stereocenters. The molecule has 2 heterocycles. The number of halogens is 2. The third-order valence-corrected chi connectivity index (χ3v) is 7.64. The fourth-order valence-electron chi connectivity index (χ4n) is 4.88. The Labute approximate surface area is 208 Å². The van der Waals surface area contributed by atoms with Crippen molar-refractivity contribution < 1.29 is 4.79 Å². The van der Waals surface area contributed by atoms with E-state index in [0.29, 0.717) is 16.6 Å². The number of carbonyl (C=O) groups is 1. The first-order chi connectivity index (χ1) is 16.0. The largest absolute Gasteiger partial charge is 0.352 e. The van der Waals surface area contributed by atoms with Crippen molar-refractivity contribution in [3.8, 4) is 0 Å². The lowest BCUT2D eigenvalue weighted by atomic mass is 9.96. The molecule has 2 aromatic rings. The Morgan fingerprint density at radius 3 is 2.39 bits per heavy atom. The number of piperidine rings is 2. The van der Waals surface area contributed by atoms with Crippen molar-refractivity contribution in [1.82, 2.24) is 15.1 Å². The lowest BCUT2D eigenvalue weighted by Crippen LogP contribution is -2.42. The van der Waals surface area contributed by atoms with Crippen LogP contribution in [0.3, 0.4) is 0 Å². The summed E-state index contributed by atoms with van der Waals surface area (Å²) < 4.78 is 0. The molecule has 0 aliphatic carbocycles. The van der Waals surface area contributed by atoms with E-state index in [0.717, 1.165) is 56.1 Å². The van der Waals surface area contributed by atoms with Crippen molar-refractivity contribution in [3.05, 3.63) is 69.2 Å². The second kappa shape index (κ2) is 11.7. The van der Waals surface area contributed by atoms with Crippen LogP contribution in [-0.2, 0) is 24.4 Å². The molecule has 1 N–H and O–H groups in total. The highest BCUT2D eigenvalue weighted by Crippen LogP contribution is 2.25. The molecule has 6 heteroatoms. The topological polar surface area (TPSA) is 35.6 Å². The van der Waals surface area contributed by atoms with Crippen LogP contribution in [-0.4, -0.2) is 41.9 Å². The average molecular weight is 489 g/mol. The van der Waals surface area contributed by atoms with Crippen molar-refractivity contribution in [2.24, 2.45) is 11.8 Å². The molecule has 33 heavy (non-hydrogen) atoms. The first-order valence-electron chi connectivity index (χ1n) is 12.2. The van der Waals surface area contributed by atoms with Gasteiger partial charge in [0.05, 0.1) is 5.92 Å². The summed E-state index contributed by atoms with van der Waals surface area (Å²) in [4.78, 5) is 17.7. The second-order valence-corrected chi connectivity index (χ2v) is 10.6. The zero-order valence-corrected chi connectivity index (χ0v) is 21.0. The van der Waals surface area contributed by atoms with Crippen molar-refractivity contribution in [2.75, 3.05) is 26.2 Å². The van der Waals surface area contributed by atoms with E-state index in [-0.39, 0.29) is 11.8 Å². The van der Waals surface area contributed by atoms with E-state index in [1.54, 1.807) is 6.07 Å². The molecule has 178 valence electrons. The van der Waals surface area contributed by atoms with Gasteiger partial charge in [-0.25, -0.2) is 0 Å². The van der Waals surface area contributed by atoms with Crippen molar-refractivity contribution >= 4 is 29.1 Å². The van der Waals surface area contributed by atoms with E-state index >= 15 is 0 Å². The van der Waals surface area contributed by atoms with E-state index in [4.69, 9.17) is 23.2 Å². The molecule has 1 amide bonds. The number of amides is 1. The van der Waals surface area contributed by atoms with Crippen LogP contribution in [0.25, 0.3) is 0 Å². The number of nitrogens with one attached hydrogen (secondary N) is 1. The molecule has 0 bridgehead atoms. The molecule has 1 unspecified atom stereocenters. The molecule has 0 aromatic heterocycles. The molecule has 2 saturated heterocycles. The SMILES string of the molecule is CC1CCN(Cc2ccc(CNC(=O)C3CCCN(Cc4ccc(Cl)cc4Cl)C3)cc2)CC1. The van der Waals surface area contributed by atoms with Crippen LogP contribution in [0.15, 0.2) is 42.5 Å². The fraction of sp³-hybridized carbons (Fsp3) is 0.519. The Morgan fingerprint density at radius 1 is 0.939 bits per heavy atom. The fourth-order valence-corrected chi connectivity index (χ4v) is 5.35. The van der Waals surface area contributed by atoms with Gasteiger partial charge in [-0.05, 0) is 80.1 Å². The van der Waals surface area contributed by atoms with Gasteiger partial charge in [0.1, 0.15) is 0 Å². The molecule has 4 rings (SSSR count). The minimum Gasteiger partial charge on any atom is -0.352 e. The van der Waals surface area contributed by atoms with Gasteiger partial charge in [-0.2, -0.15) is 0 Å². The third kappa shape index (κ3) is 7.19. The molecule has 0 saturated carbocycles. The number of rotatable bonds is 7. The van der Waals surface area contributed by atoms with Gasteiger partial charge in [-0.1, -0.05) is 60.5 Å². The second-order valence-electron chi connectivity index (χ2n) is 9.80. The first kappa shape index (κ1) is 24.5. The quantitative estimate of drug-likeness (QED) is 0.539. The normalized spacial score (nSPS) is 20.6. The van der Waals surface area contributed by atoms with E-state index in [9.17, 15) is 4.79 Å². The predicted molar refractivity (Wildman–Crippen MR) is 136 cm³/mol. The highest BCUT2D eigenvalue weighted by atomic mass is 35.5. The minimum atomic E-state index is 0.0191. The molecule has 0 spiro atoms. The summed E-state index contributed by atoms with van der Waals surface area (Å²) in [5.41, 5.74) is 3.56. The van der Waals surface area contributed by atoms with Crippen LogP contribution in [0, 0.1) is 11.8 Å². The van der Waals surface area contributed by atoms with Crippen LogP contribution in [0.2, 0.25) is 10.0 Å². The maximum absolute atomic E-state index is 12.8. The number of likely N-dealkylation sites (tertiary alicyclic amines) is 2. The summed E-state index contributed by atoms with van der Waals surface area (Å²) in [5, 5.41) is 4.49. The Balaban J connectivity index is 1.23. The highest BCUT2D eigenvalue weighted by molar-refractivity contribution is 6.35. The van der Waals surface area contributed by atoms with Gasteiger partial charge in [0.25, 0.3) is 0 Å². The molecular weight excluding hydrogens is 453 g/mol. The predicted octanol–water partition coefficient (Wildman–Crippen LogP) is 5.75. The molecule has 4 nitrogen and oxygen atoms in total. The van der Waals surface area contributed by atoms with Gasteiger partial charge in [0.2, 0.25) is 5.91 Å². The monoisotopic (exact) mass is 487 g/mol. The van der Waals surface area contributed by atoms with Crippen LogP contribution < -0.4 is 5.32 Å². The lowest BCUT2D eigenvalue weighted by molar-refractivity contribution is -0.126. The zero-order valence-electron chi connectivity index (χ0n) is 19.5. The molecular formula is C27H35Cl2N3O. The van der Waals surface area contributed by atoms with Gasteiger partial charge < -0.3 is 5.32 Å². The van der Waals surface area contributed by atoms with Crippen LogP contribution >= 0.6 is 23.2 Å². The maximum atomic E-state index is 12.8. The number of nitrogens with zero attached hydrogens (tertiary/aromatic N) is 2. The first-order valence-corrected chi connectivity index (χ1v) is 13.0.